The molecule has 1 amide bonds. The third-order valence-corrected chi connectivity index (χ3v) is 5.33. The molecule has 28 heavy (non-hydrogen) atoms. The summed E-state index contributed by atoms with van der Waals surface area (Å²) < 4.78 is 10.9. The third-order valence-electron chi connectivity index (χ3n) is 4.57. The standard InChI is InChI=1S/C20H19N3O4S/c1-2-26-19(25)15-11-28-20(22-15)23-18(24)13-9-14(10-13)27-16-7-3-5-12-6-4-8-21-17(12)16/h3-8,11,13-14H,2,9-10H2,1H3,(H,22,23,24)/t13-,14-. The second-order valence-corrected chi connectivity index (χ2v) is 7.35. The Balaban J connectivity index is 1.31. The van der Waals surface area contributed by atoms with Crippen molar-refractivity contribution in [3.05, 3.63) is 47.6 Å². The molecule has 1 aromatic carbocycles. The van der Waals surface area contributed by atoms with E-state index >= 15 is 0 Å². The Morgan fingerprint density at radius 3 is 2.89 bits per heavy atom. The van der Waals surface area contributed by atoms with Crippen LogP contribution in [0.4, 0.5) is 5.13 Å². The Labute approximate surface area is 165 Å². The molecule has 2 aromatic heterocycles. The van der Waals surface area contributed by atoms with Gasteiger partial charge >= 0.3 is 5.97 Å². The Kier molecular flexibility index (Phi) is 5.21. The highest BCUT2D eigenvalue weighted by atomic mass is 32.1. The zero-order chi connectivity index (χ0) is 19.5. The normalized spacial score (nSPS) is 18.3. The molecular formula is C20H19N3O4S. The van der Waals surface area contributed by atoms with Crippen molar-refractivity contribution in [1.82, 2.24) is 9.97 Å². The van der Waals surface area contributed by atoms with Gasteiger partial charge in [0.1, 0.15) is 17.4 Å². The summed E-state index contributed by atoms with van der Waals surface area (Å²) in [4.78, 5) is 32.5. The second-order valence-electron chi connectivity index (χ2n) is 6.49. The molecule has 0 saturated heterocycles. The van der Waals surface area contributed by atoms with Crippen LogP contribution in [-0.4, -0.2) is 34.6 Å². The lowest BCUT2D eigenvalue weighted by atomic mass is 9.81. The Hall–Kier alpha value is -3.00. The van der Waals surface area contributed by atoms with Crippen LogP contribution in [0, 0.1) is 5.92 Å². The maximum absolute atomic E-state index is 12.4. The van der Waals surface area contributed by atoms with Crippen LogP contribution in [-0.2, 0) is 9.53 Å². The maximum atomic E-state index is 12.4. The minimum atomic E-state index is -0.486. The monoisotopic (exact) mass is 397 g/mol. The molecular weight excluding hydrogens is 378 g/mol. The number of para-hydroxylation sites is 1. The lowest BCUT2D eigenvalue weighted by Crippen LogP contribution is -2.40. The number of carbonyl (C=O) groups excluding carboxylic acids is 2. The molecule has 1 aliphatic rings. The first-order valence-corrected chi connectivity index (χ1v) is 9.96. The van der Waals surface area contributed by atoms with Gasteiger partial charge in [-0.3, -0.25) is 9.78 Å². The van der Waals surface area contributed by atoms with Gasteiger partial charge in [-0.1, -0.05) is 18.2 Å². The van der Waals surface area contributed by atoms with E-state index in [0.29, 0.717) is 18.0 Å². The van der Waals surface area contributed by atoms with Crippen molar-refractivity contribution >= 4 is 39.2 Å². The third kappa shape index (κ3) is 3.82. The summed E-state index contributed by atoms with van der Waals surface area (Å²) in [5.41, 5.74) is 1.03. The fourth-order valence-corrected chi connectivity index (χ4v) is 3.75. The summed E-state index contributed by atoms with van der Waals surface area (Å²) in [7, 11) is 0. The number of amides is 1. The zero-order valence-electron chi connectivity index (χ0n) is 15.3. The smallest absolute Gasteiger partial charge is 0.357 e. The SMILES string of the molecule is CCOC(=O)c1csc(NC(=O)[C@H]2C[C@H](Oc3cccc4cccnc34)C2)n1. The Morgan fingerprint density at radius 1 is 1.25 bits per heavy atom. The minimum absolute atomic E-state index is 0.0188. The van der Waals surface area contributed by atoms with E-state index in [1.54, 1.807) is 18.5 Å². The fraction of sp³-hybridized carbons (Fsp3) is 0.300. The van der Waals surface area contributed by atoms with Crippen molar-refractivity contribution in [3.63, 3.8) is 0 Å². The molecule has 1 N–H and O–H groups in total. The number of carbonyl (C=O) groups is 2. The van der Waals surface area contributed by atoms with Crippen LogP contribution in [0.2, 0.25) is 0 Å². The highest BCUT2D eigenvalue weighted by molar-refractivity contribution is 7.14. The van der Waals surface area contributed by atoms with E-state index in [-0.39, 0.29) is 30.2 Å². The van der Waals surface area contributed by atoms with Gasteiger partial charge in [0.25, 0.3) is 0 Å². The second kappa shape index (κ2) is 7.93. The first-order chi connectivity index (χ1) is 13.6. The number of hydrogen-bond donors (Lipinski definition) is 1. The number of anilines is 1. The average Bonchev–Trinajstić information content (AvgIpc) is 3.13. The first-order valence-electron chi connectivity index (χ1n) is 9.08. The van der Waals surface area contributed by atoms with Crippen LogP contribution in [0.15, 0.2) is 41.9 Å². The molecule has 1 fully saturated rings. The van der Waals surface area contributed by atoms with Gasteiger partial charge in [0, 0.05) is 22.9 Å². The summed E-state index contributed by atoms with van der Waals surface area (Å²) in [6.07, 6.45) is 2.98. The van der Waals surface area contributed by atoms with Crippen molar-refractivity contribution in [2.24, 2.45) is 5.92 Å². The van der Waals surface area contributed by atoms with E-state index < -0.39 is 5.97 Å². The van der Waals surface area contributed by atoms with Gasteiger partial charge in [0.2, 0.25) is 5.91 Å². The summed E-state index contributed by atoms with van der Waals surface area (Å²) in [6.45, 7) is 2.02. The molecule has 1 saturated carbocycles. The molecule has 0 spiro atoms. The molecule has 0 unspecified atom stereocenters. The molecule has 2 heterocycles. The summed E-state index contributed by atoms with van der Waals surface area (Å²) in [5, 5.41) is 5.77. The number of nitrogens with one attached hydrogen (secondary N) is 1. The number of ether oxygens (including phenoxy) is 2. The molecule has 144 valence electrons. The number of rotatable bonds is 6. The number of esters is 1. The summed E-state index contributed by atoms with van der Waals surface area (Å²) >= 11 is 1.21. The number of benzene rings is 1. The molecule has 0 aliphatic heterocycles. The molecule has 0 atom stereocenters. The summed E-state index contributed by atoms with van der Waals surface area (Å²) in [5.74, 6) is 0.00421. The molecule has 7 nitrogen and oxygen atoms in total. The van der Waals surface area contributed by atoms with Gasteiger partial charge in [-0.2, -0.15) is 0 Å². The predicted molar refractivity (Wildman–Crippen MR) is 106 cm³/mol. The summed E-state index contributed by atoms with van der Waals surface area (Å²) in [6, 6.07) is 9.71. The van der Waals surface area contributed by atoms with Gasteiger partial charge < -0.3 is 14.8 Å². The topological polar surface area (TPSA) is 90.4 Å². The predicted octanol–water partition coefficient (Wildman–Crippen LogP) is 3.66. The molecule has 0 bridgehead atoms. The van der Waals surface area contributed by atoms with Crippen molar-refractivity contribution in [2.75, 3.05) is 11.9 Å². The Bertz CT molecular complexity index is 1010. The van der Waals surface area contributed by atoms with Crippen LogP contribution in [0.1, 0.15) is 30.3 Å². The Morgan fingerprint density at radius 2 is 2.07 bits per heavy atom. The number of fused-ring (bicyclic) bond motifs is 1. The van der Waals surface area contributed by atoms with Crippen LogP contribution in [0.25, 0.3) is 10.9 Å². The van der Waals surface area contributed by atoms with E-state index in [1.807, 2.05) is 30.3 Å². The minimum Gasteiger partial charge on any atom is -0.488 e. The van der Waals surface area contributed by atoms with Crippen LogP contribution in [0.3, 0.4) is 0 Å². The molecule has 0 radical (unpaired) electrons. The van der Waals surface area contributed by atoms with Crippen LogP contribution < -0.4 is 10.1 Å². The van der Waals surface area contributed by atoms with Gasteiger partial charge in [-0.15, -0.1) is 11.3 Å². The number of pyridine rings is 1. The number of hydrogen-bond acceptors (Lipinski definition) is 7. The number of thiazole rings is 1. The maximum Gasteiger partial charge on any atom is 0.357 e. The van der Waals surface area contributed by atoms with Gasteiger partial charge in [0.05, 0.1) is 6.61 Å². The number of nitrogens with zero attached hydrogens (tertiary/aromatic N) is 2. The van der Waals surface area contributed by atoms with Gasteiger partial charge in [-0.05, 0) is 31.9 Å². The molecule has 4 rings (SSSR count). The van der Waals surface area contributed by atoms with Crippen molar-refractivity contribution in [2.45, 2.75) is 25.9 Å². The van der Waals surface area contributed by atoms with Crippen molar-refractivity contribution in [1.29, 1.82) is 0 Å². The molecule has 1 aliphatic carbocycles. The van der Waals surface area contributed by atoms with E-state index in [0.717, 1.165) is 16.7 Å². The molecule has 3 aromatic rings. The zero-order valence-corrected chi connectivity index (χ0v) is 16.1. The van der Waals surface area contributed by atoms with Crippen molar-refractivity contribution < 1.29 is 19.1 Å². The van der Waals surface area contributed by atoms with Gasteiger partial charge in [0.15, 0.2) is 10.8 Å². The van der Waals surface area contributed by atoms with E-state index in [1.165, 1.54) is 11.3 Å². The lowest BCUT2D eigenvalue weighted by molar-refractivity contribution is -0.125. The van der Waals surface area contributed by atoms with Crippen LogP contribution in [0.5, 0.6) is 5.75 Å². The number of aromatic nitrogens is 2. The van der Waals surface area contributed by atoms with Crippen molar-refractivity contribution in [3.8, 4) is 5.75 Å². The van der Waals surface area contributed by atoms with E-state index in [9.17, 15) is 9.59 Å². The quantitative estimate of drug-likeness (QED) is 0.639. The van der Waals surface area contributed by atoms with Crippen LogP contribution >= 0.6 is 11.3 Å². The van der Waals surface area contributed by atoms with E-state index in [2.05, 4.69) is 15.3 Å². The largest absolute Gasteiger partial charge is 0.488 e. The average molecular weight is 397 g/mol. The highest BCUT2D eigenvalue weighted by Crippen LogP contribution is 2.34. The fourth-order valence-electron chi connectivity index (χ4n) is 3.06. The lowest BCUT2D eigenvalue weighted by Gasteiger charge is -2.34. The highest BCUT2D eigenvalue weighted by Gasteiger charge is 2.36. The molecule has 8 heteroatoms. The van der Waals surface area contributed by atoms with E-state index in [4.69, 9.17) is 9.47 Å². The van der Waals surface area contributed by atoms with Gasteiger partial charge in [-0.25, -0.2) is 9.78 Å². The first kappa shape index (κ1) is 18.4.